The van der Waals surface area contributed by atoms with Crippen molar-refractivity contribution in [2.24, 2.45) is 5.73 Å². The van der Waals surface area contributed by atoms with E-state index < -0.39 is 0 Å². The van der Waals surface area contributed by atoms with E-state index in [1.54, 1.807) is 0 Å². The maximum Gasteiger partial charge on any atom is 2.00 e. The Hall–Kier alpha value is 1.31. The first kappa shape index (κ1) is 46.2. The number of H-pyrrole nitrogens is 2. The number of nitrogens with zero attached hydrogens (tertiary/aromatic N) is 2. The first-order chi connectivity index (χ1) is 12.7. The quantitative estimate of drug-likeness (QED) is 0.146. The Balaban J connectivity index is -0.000000333. The van der Waals surface area contributed by atoms with Crippen LogP contribution in [-0.4, -0.2) is 19.9 Å². The molecule has 0 radical (unpaired) electrons. The summed E-state index contributed by atoms with van der Waals surface area (Å²) in [5, 5.41) is 0. The van der Waals surface area contributed by atoms with Crippen LogP contribution < -0.4 is 108 Å². The van der Waals surface area contributed by atoms with Crippen LogP contribution in [0.15, 0.2) is 42.5 Å². The summed E-state index contributed by atoms with van der Waals surface area (Å²) in [4.78, 5) is 16.1. The van der Waals surface area contributed by atoms with Crippen LogP contribution in [0, 0.1) is 0 Å². The van der Waals surface area contributed by atoms with E-state index in [2.05, 4.69) is 38.1 Å². The average molecular weight is 1010 g/mol. The van der Waals surface area contributed by atoms with E-state index >= 15 is 0 Å². The molecule has 8 bridgehead atoms. The van der Waals surface area contributed by atoms with E-state index in [9.17, 15) is 0 Å². The van der Waals surface area contributed by atoms with Gasteiger partial charge in [0.25, 0.3) is 0 Å². The molecule has 5 rings (SSSR count). The summed E-state index contributed by atoms with van der Waals surface area (Å²) in [5.74, 6) is 0. The minimum atomic E-state index is 0. The smallest absolute Gasteiger partial charge is 1.00 e. The van der Waals surface area contributed by atoms with Gasteiger partial charge in [0.2, 0.25) is 0 Å². The van der Waals surface area contributed by atoms with Crippen LogP contribution in [0.4, 0.5) is 0 Å². The van der Waals surface area contributed by atoms with Gasteiger partial charge in [-0.1, -0.05) is 0 Å². The van der Waals surface area contributed by atoms with Crippen molar-refractivity contribution >= 4 is 46.4 Å². The second-order valence-electron chi connectivity index (χ2n) is 6.40. The summed E-state index contributed by atoms with van der Waals surface area (Å²) < 4.78 is 0. The molecule has 14 heteroatoms. The maximum atomic E-state index is 5.92. The van der Waals surface area contributed by atoms with Gasteiger partial charge >= 0.3 is 58.4 Å². The molecule has 5 heterocycles. The van der Waals surface area contributed by atoms with E-state index in [1.165, 1.54) is 0 Å². The van der Waals surface area contributed by atoms with Gasteiger partial charge in [-0.05, 0) is 72.3 Å². The van der Waals surface area contributed by atoms with Crippen molar-refractivity contribution in [1.29, 1.82) is 0 Å². The van der Waals surface area contributed by atoms with Gasteiger partial charge < -0.3 is 118 Å². The maximum absolute atomic E-state index is 5.92. The third-order valence-corrected chi connectivity index (χ3v) is 4.47. The Bertz CT molecular complexity index is 1260. The number of aromatic nitrogens is 4. The molecule has 5 nitrogen and oxygen atoms in total. The summed E-state index contributed by atoms with van der Waals surface area (Å²) in [5.41, 5.74) is 14.6. The van der Waals surface area contributed by atoms with Gasteiger partial charge in [-0.3, -0.25) is 0 Å². The molecule has 35 heavy (non-hydrogen) atoms. The SMILES string of the molecule is NCc1cc2cc3ccc(cc4nc(cc5nc(cc1[nH]2)C=C5)C=C4)[nH]3.[Br-].[Br-].[Br-].[Br-].[Br-].[Br-].[Zn+2].[Zn+2].[Zn+2]. The number of rotatable bonds is 1. The van der Waals surface area contributed by atoms with Gasteiger partial charge in [-0.25, -0.2) is 9.97 Å². The van der Waals surface area contributed by atoms with E-state index in [4.69, 9.17) is 5.73 Å². The molecular weight excluding hydrogens is 998 g/mol. The Morgan fingerprint density at radius 2 is 1.00 bits per heavy atom. The van der Waals surface area contributed by atoms with Gasteiger partial charge in [0.1, 0.15) is 0 Å². The van der Waals surface area contributed by atoms with E-state index in [0.29, 0.717) is 6.54 Å². The average Bonchev–Trinajstić information content (AvgIpc) is 3.39. The number of nitrogens with two attached hydrogens (primary N) is 1. The van der Waals surface area contributed by atoms with Crippen LogP contribution in [-0.2, 0) is 65.0 Å². The number of nitrogens with one attached hydrogen (secondary N) is 2. The van der Waals surface area contributed by atoms with E-state index in [1.807, 2.05) is 48.6 Å². The van der Waals surface area contributed by atoms with Crippen molar-refractivity contribution in [2.45, 2.75) is 6.54 Å². The van der Waals surface area contributed by atoms with E-state index in [-0.39, 0.29) is 160 Å². The fraction of sp³-hybridized carbons (Fsp3) is 0.0476. The molecule has 0 spiro atoms. The van der Waals surface area contributed by atoms with Crippen LogP contribution in [0.3, 0.4) is 0 Å². The number of aromatic amines is 2. The molecule has 0 aromatic carbocycles. The zero-order valence-electron chi connectivity index (χ0n) is 18.4. The fourth-order valence-electron chi connectivity index (χ4n) is 3.25. The number of fused-ring (bicyclic) bond motifs is 8. The topological polar surface area (TPSA) is 83.4 Å². The van der Waals surface area contributed by atoms with Crippen LogP contribution in [0.2, 0.25) is 0 Å². The summed E-state index contributed by atoms with van der Waals surface area (Å²) in [7, 11) is 0. The molecule has 2 aliphatic rings. The molecule has 0 aliphatic carbocycles. The molecule has 2 aliphatic heterocycles. The van der Waals surface area contributed by atoms with Crippen molar-refractivity contribution in [2.75, 3.05) is 0 Å². The molecule has 0 unspecified atom stereocenters. The molecule has 0 amide bonds. The Labute approximate surface area is 305 Å². The monoisotopic (exact) mass is 1000 g/mol. The van der Waals surface area contributed by atoms with Crippen molar-refractivity contribution in [3.63, 3.8) is 0 Å². The third-order valence-electron chi connectivity index (χ3n) is 4.47. The zero-order chi connectivity index (χ0) is 17.5. The van der Waals surface area contributed by atoms with Crippen LogP contribution in [0.5, 0.6) is 0 Å². The largest absolute Gasteiger partial charge is 2.00 e. The summed E-state index contributed by atoms with van der Waals surface area (Å²) in [6.07, 6.45) is 8.01. The van der Waals surface area contributed by atoms with Gasteiger partial charge in [0.05, 0.1) is 22.8 Å². The van der Waals surface area contributed by atoms with E-state index in [0.717, 1.165) is 50.4 Å². The van der Waals surface area contributed by atoms with Crippen LogP contribution in [0.25, 0.3) is 46.4 Å². The summed E-state index contributed by atoms with van der Waals surface area (Å²) >= 11 is 0. The first-order valence-corrected chi connectivity index (χ1v) is 8.53. The second-order valence-corrected chi connectivity index (χ2v) is 6.40. The molecule has 4 N–H and O–H groups in total. The van der Waals surface area contributed by atoms with Gasteiger partial charge in [-0.2, -0.15) is 0 Å². The predicted octanol–water partition coefficient (Wildman–Crippen LogP) is -13.9. The second kappa shape index (κ2) is 21.2. The Morgan fingerprint density at radius 3 is 1.51 bits per heavy atom. The third kappa shape index (κ3) is 11.5. The Kier molecular flexibility index (Phi) is 27.9. The molecular formula is C21H17Br6N5Zn3. The van der Waals surface area contributed by atoms with Crippen LogP contribution >= 0.6 is 0 Å². The summed E-state index contributed by atoms with van der Waals surface area (Å²) in [6.45, 7) is 0.472. The number of hydrogen-bond donors (Lipinski definition) is 3. The molecule has 0 saturated carbocycles. The molecule has 0 fully saturated rings. The Morgan fingerprint density at radius 1 is 0.543 bits per heavy atom. The first-order valence-electron chi connectivity index (χ1n) is 8.53. The zero-order valence-corrected chi connectivity index (χ0v) is 36.8. The fourth-order valence-corrected chi connectivity index (χ4v) is 3.25. The molecule has 3 aromatic rings. The molecule has 0 atom stereocenters. The minimum Gasteiger partial charge on any atom is -1.00 e. The predicted molar refractivity (Wildman–Crippen MR) is 107 cm³/mol. The standard InChI is InChI=1S/C21H17N5.6BrH.3Zn/c22-12-13-7-20-10-18-4-3-16(24-18)8-14-1-2-15(23-14)9-17-5-6-19(25-17)11-21(13)26-20;;;;;;;;;/h1-11,24,26H,12,22H2;6*1H;;;/q;;;;;;;3*+2/p-6. The van der Waals surface area contributed by atoms with Crippen molar-refractivity contribution in [1.82, 2.24) is 19.9 Å². The van der Waals surface area contributed by atoms with Gasteiger partial charge in [0.15, 0.2) is 0 Å². The number of halogens is 6. The molecule has 3 aromatic heterocycles. The molecule has 174 valence electrons. The van der Waals surface area contributed by atoms with Gasteiger partial charge in [0, 0.05) is 28.6 Å². The van der Waals surface area contributed by atoms with Crippen LogP contribution in [0.1, 0.15) is 28.3 Å². The normalized spacial score (nSPS) is 9.40. The number of hydrogen-bond acceptors (Lipinski definition) is 3. The minimum absolute atomic E-state index is 0. The van der Waals surface area contributed by atoms with Crippen molar-refractivity contribution < 1.29 is 160 Å². The van der Waals surface area contributed by atoms with Crippen molar-refractivity contribution in [3.8, 4) is 0 Å². The summed E-state index contributed by atoms with van der Waals surface area (Å²) in [6, 6.07) is 14.3. The molecule has 0 saturated heterocycles. The van der Waals surface area contributed by atoms with Crippen molar-refractivity contribution in [3.05, 3.63) is 70.8 Å². The van der Waals surface area contributed by atoms with Gasteiger partial charge in [-0.15, -0.1) is 0 Å².